The fourth-order valence-electron chi connectivity index (χ4n) is 4.11. The molecule has 1 N–H and O–H groups in total. The summed E-state index contributed by atoms with van der Waals surface area (Å²) in [6.07, 6.45) is 3.36. The quantitative estimate of drug-likeness (QED) is 0.697. The minimum Gasteiger partial charge on any atom is -0.478 e. The molecular weight excluding hydrogens is 336 g/mol. The number of pyridine rings is 1. The highest BCUT2D eigenvalue weighted by Crippen LogP contribution is 2.39. The molecule has 2 aromatic carbocycles. The van der Waals surface area contributed by atoms with E-state index in [1.165, 1.54) is 12.0 Å². The van der Waals surface area contributed by atoms with E-state index in [4.69, 9.17) is 4.98 Å². The summed E-state index contributed by atoms with van der Waals surface area (Å²) in [6, 6.07) is 13.8. The summed E-state index contributed by atoms with van der Waals surface area (Å²) in [4.78, 5) is 19.5. The first-order valence-corrected chi connectivity index (χ1v) is 9.55. The lowest BCUT2D eigenvalue weighted by Crippen LogP contribution is -2.31. The Bertz CT molecular complexity index is 1020. The first-order valence-electron chi connectivity index (χ1n) is 9.55. The summed E-state index contributed by atoms with van der Waals surface area (Å²) >= 11 is 0. The Kier molecular flexibility index (Phi) is 4.56. The van der Waals surface area contributed by atoms with Crippen molar-refractivity contribution in [2.45, 2.75) is 33.1 Å². The third-order valence-electron chi connectivity index (χ3n) is 5.39. The summed E-state index contributed by atoms with van der Waals surface area (Å²) in [5.74, 6) is -0.889. The van der Waals surface area contributed by atoms with Gasteiger partial charge in [-0.2, -0.15) is 0 Å². The fourth-order valence-corrected chi connectivity index (χ4v) is 4.11. The lowest BCUT2D eigenvalue weighted by molar-refractivity contribution is 0.0699. The third-order valence-corrected chi connectivity index (χ3v) is 5.39. The van der Waals surface area contributed by atoms with Gasteiger partial charge in [0.15, 0.2) is 0 Å². The SMILES string of the molecule is Cc1ccc(-c2nc3ccccc3c(C(=O)O)c2N2CCCCC2)c(C)c1. The molecule has 27 heavy (non-hydrogen) atoms. The summed E-state index contributed by atoms with van der Waals surface area (Å²) in [7, 11) is 0. The van der Waals surface area contributed by atoms with Gasteiger partial charge in [0.2, 0.25) is 0 Å². The molecule has 0 amide bonds. The molecule has 0 saturated carbocycles. The number of aromatic nitrogens is 1. The van der Waals surface area contributed by atoms with Crippen LogP contribution in [0, 0.1) is 13.8 Å². The topological polar surface area (TPSA) is 53.4 Å². The zero-order valence-corrected chi connectivity index (χ0v) is 15.8. The molecule has 0 unspecified atom stereocenters. The zero-order chi connectivity index (χ0) is 19.0. The van der Waals surface area contributed by atoms with E-state index in [-0.39, 0.29) is 0 Å². The lowest BCUT2D eigenvalue weighted by Gasteiger charge is -2.32. The maximum atomic E-state index is 12.3. The second-order valence-electron chi connectivity index (χ2n) is 7.37. The molecule has 0 spiro atoms. The van der Waals surface area contributed by atoms with Crippen LogP contribution in [0.5, 0.6) is 0 Å². The van der Waals surface area contributed by atoms with Crippen molar-refractivity contribution in [1.82, 2.24) is 4.98 Å². The van der Waals surface area contributed by atoms with Gasteiger partial charge < -0.3 is 10.0 Å². The molecule has 1 aliphatic heterocycles. The summed E-state index contributed by atoms with van der Waals surface area (Å²) in [5, 5.41) is 10.8. The van der Waals surface area contributed by atoms with Crippen molar-refractivity contribution in [2.24, 2.45) is 0 Å². The van der Waals surface area contributed by atoms with Crippen LogP contribution in [0.2, 0.25) is 0 Å². The van der Waals surface area contributed by atoms with Gasteiger partial charge in [-0.25, -0.2) is 9.78 Å². The molecule has 0 bridgehead atoms. The van der Waals surface area contributed by atoms with Crippen LogP contribution in [0.3, 0.4) is 0 Å². The molecule has 4 rings (SSSR count). The van der Waals surface area contributed by atoms with Gasteiger partial charge in [0.05, 0.1) is 22.5 Å². The van der Waals surface area contributed by atoms with Crippen molar-refractivity contribution < 1.29 is 9.90 Å². The summed E-state index contributed by atoms with van der Waals surface area (Å²) < 4.78 is 0. The number of carboxylic acids is 1. The average molecular weight is 360 g/mol. The Morgan fingerprint density at radius 2 is 1.78 bits per heavy atom. The molecule has 4 nitrogen and oxygen atoms in total. The molecular formula is C23H24N2O2. The zero-order valence-electron chi connectivity index (χ0n) is 15.8. The number of nitrogens with zero attached hydrogens (tertiary/aromatic N) is 2. The minimum atomic E-state index is -0.889. The smallest absolute Gasteiger partial charge is 0.338 e. The molecule has 1 aliphatic rings. The van der Waals surface area contributed by atoms with E-state index in [9.17, 15) is 9.90 Å². The van der Waals surface area contributed by atoms with Gasteiger partial charge in [-0.05, 0) is 44.7 Å². The van der Waals surface area contributed by atoms with Crippen LogP contribution in [-0.4, -0.2) is 29.1 Å². The predicted octanol–water partition coefficient (Wildman–Crippen LogP) is 5.21. The van der Waals surface area contributed by atoms with E-state index in [2.05, 4.69) is 36.9 Å². The monoisotopic (exact) mass is 360 g/mol. The molecule has 0 atom stereocenters. The summed E-state index contributed by atoms with van der Waals surface area (Å²) in [6.45, 7) is 5.88. The van der Waals surface area contributed by atoms with E-state index >= 15 is 0 Å². The molecule has 3 aromatic rings. The number of hydrogen-bond donors (Lipinski definition) is 1. The van der Waals surface area contributed by atoms with Crippen molar-refractivity contribution in [3.8, 4) is 11.3 Å². The van der Waals surface area contributed by atoms with Crippen molar-refractivity contribution in [2.75, 3.05) is 18.0 Å². The fraction of sp³-hybridized carbons (Fsp3) is 0.304. The second kappa shape index (κ2) is 7.03. The molecule has 1 saturated heterocycles. The van der Waals surface area contributed by atoms with Gasteiger partial charge in [-0.3, -0.25) is 0 Å². The van der Waals surface area contributed by atoms with Crippen LogP contribution >= 0.6 is 0 Å². The number of aromatic carboxylic acids is 1. The maximum absolute atomic E-state index is 12.3. The third kappa shape index (κ3) is 3.16. The number of carboxylic acid groups (broad SMARTS) is 1. The molecule has 4 heteroatoms. The first kappa shape index (κ1) is 17.5. The lowest BCUT2D eigenvalue weighted by atomic mass is 9.95. The van der Waals surface area contributed by atoms with E-state index < -0.39 is 5.97 Å². The Morgan fingerprint density at radius 1 is 1.04 bits per heavy atom. The number of aryl methyl sites for hydroxylation is 2. The maximum Gasteiger partial charge on any atom is 0.338 e. The first-order chi connectivity index (χ1) is 13.1. The minimum absolute atomic E-state index is 0.373. The highest BCUT2D eigenvalue weighted by atomic mass is 16.4. The van der Waals surface area contributed by atoms with Crippen LogP contribution in [-0.2, 0) is 0 Å². The van der Waals surface area contributed by atoms with Crippen molar-refractivity contribution >= 4 is 22.6 Å². The average Bonchev–Trinajstić information content (AvgIpc) is 2.67. The van der Waals surface area contributed by atoms with E-state index in [0.717, 1.165) is 54.0 Å². The molecule has 1 aromatic heterocycles. The van der Waals surface area contributed by atoms with Gasteiger partial charge in [0.1, 0.15) is 0 Å². The number of hydrogen-bond acceptors (Lipinski definition) is 3. The van der Waals surface area contributed by atoms with Crippen LogP contribution in [0.15, 0.2) is 42.5 Å². The molecule has 0 radical (unpaired) electrons. The number of para-hydroxylation sites is 1. The number of benzene rings is 2. The Labute approximate surface area is 159 Å². The normalized spacial score (nSPS) is 14.5. The highest BCUT2D eigenvalue weighted by Gasteiger charge is 2.26. The number of carbonyl (C=O) groups is 1. The van der Waals surface area contributed by atoms with Gasteiger partial charge in [0, 0.05) is 24.0 Å². The van der Waals surface area contributed by atoms with Gasteiger partial charge in [-0.15, -0.1) is 0 Å². The number of rotatable bonds is 3. The van der Waals surface area contributed by atoms with Crippen LogP contribution in [0.4, 0.5) is 5.69 Å². The molecule has 0 aliphatic carbocycles. The number of anilines is 1. The summed E-state index contributed by atoms with van der Waals surface area (Å²) in [5.41, 5.74) is 5.97. The van der Waals surface area contributed by atoms with Crippen molar-refractivity contribution in [3.63, 3.8) is 0 Å². The predicted molar refractivity (Wildman–Crippen MR) is 110 cm³/mol. The van der Waals surface area contributed by atoms with Crippen LogP contribution in [0.1, 0.15) is 40.7 Å². The largest absolute Gasteiger partial charge is 0.478 e. The standard InChI is InChI=1S/C23H24N2O2/c1-15-10-11-17(16(2)14-15)21-22(25-12-6-3-7-13-25)20(23(26)27)18-8-4-5-9-19(18)24-21/h4-5,8-11,14H,3,6-7,12-13H2,1-2H3,(H,26,27). The molecule has 2 heterocycles. The second-order valence-corrected chi connectivity index (χ2v) is 7.37. The van der Waals surface area contributed by atoms with Crippen molar-refractivity contribution in [1.29, 1.82) is 0 Å². The Hall–Kier alpha value is -2.88. The van der Waals surface area contributed by atoms with E-state index in [1.807, 2.05) is 24.3 Å². The Morgan fingerprint density at radius 3 is 2.48 bits per heavy atom. The number of fused-ring (bicyclic) bond motifs is 1. The van der Waals surface area contributed by atoms with Gasteiger partial charge >= 0.3 is 5.97 Å². The van der Waals surface area contributed by atoms with Crippen LogP contribution in [0.25, 0.3) is 22.2 Å². The van der Waals surface area contributed by atoms with Gasteiger partial charge in [0.25, 0.3) is 0 Å². The van der Waals surface area contributed by atoms with Crippen molar-refractivity contribution in [3.05, 3.63) is 59.2 Å². The van der Waals surface area contributed by atoms with E-state index in [1.54, 1.807) is 0 Å². The highest BCUT2D eigenvalue weighted by molar-refractivity contribution is 6.10. The van der Waals surface area contributed by atoms with Gasteiger partial charge in [-0.1, -0.05) is 42.0 Å². The molecule has 138 valence electrons. The number of piperidine rings is 1. The van der Waals surface area contributed by atoms with Crippen LogP contribution < -0.4 is 4.90 Å². The molecule has 1 fully saturated rings. The van der Waals surface area contributed by atoms with E-state index in [0.29, 0.717) is 10.9 Å². The Balaban J connectivity index is 2.08.